The third-order valence-corrected chi connectivity index (χ3v) is 2.16. The largest absolute Gasteiger partial charge is 0.316 e. The average molecular weight is 292 g/mol. The number of benzene rings is 1. The molecule has 0 aromatic heterocycles. The fourth-order valence-corrected chi connectivity index (χ4v) is 1.76. The van der Waals surface area contributed by atoms with Crippen molar-refractivity contribution in [1.82, 2.24) is 5.32 Å². The molecule has 0 atom stereocenters. The maximum Gasteiger partial charge on any atom is 0.270 e. The highest BCUT2D eigenvalue weighted by Crippen LogP contribution is 2.18. The molecule has 4 nitrogen and oxygen atoms in total. The molecule has 5 heteroatoms. The molecule has 0 bridgehead atoms. The van der Waals surface area contributed by atoms with Crippen molar-refractivity contribution in [2.45, 2.75) is 6.54 Å². The van der Waals surface area contributed by atoms with E-state index < -0.39 is 0 Å². The minimum atomic E-state index is -0.374. The summed E-state index contributed by atoms with van der Waals surface area (Å²) in [5.41, 5.74) is 1.08. The van der Waals surface area contributed by atoms with E-state index in [2.05, 4.69) is 27.9 Å². The molecule has 1 N–H and O–H groups in total. The number of nitrogens with zero attached hydrogens (tertiary/aromatic N) is 1. The summed E-state index contributed by atoms with van der Waals surface area (Å²) in [7, 11) is 1.81. The molecular formula is C8H9IN2O2. The van der Waals surface area contributed by atoms with Crippen LogP contribution in [-0.2, 0) is 6.54 Å². The zero-order valence-electron chi connectivity index (χ0n) is 7.08. The summed E-state index contributed by atoms with van der Waals surface area (Å²) in [6, 6.07) is 5.06. The Morgan fingerprint density at radius 3 is 2.77 bits per heavy atom. The highest BCUT2D eigenvalue weighted by Gasteiger charge is 2.07. The van der Waals surface area contributed by atoms with Crippen LogP contribution in [0.5, 0.6) is 0 Å². The van der Waals surface area contributed by atoms with Crippen molar-refractivity contribution in [3.63, 3.8) is 0 Å². The Morgan fingerprint density at radius 1 is 1.54 bits per heavy atom. The molecule has 1 aromatic carbocycles. The van der Waals surface area contributed by atoms with Crippen molar-refractivity contribution in [1.29, 1.82) is 0 Å². The van der Waals surface area contributed by atoms with Crippen molar-refractivity contribution in [3.05, 3.63) is 37.4 Å². The summed E-state index contributed by atoms with van der Waals surface area (Å²) < 4.78 is 0.886. The van der Waals surface area contributed by atoms with Crippen LogP contribution in [0.3, 0.4) is 0 Å². The van der Waals surface area contributed by atoms with E-state index in [1.807, 2.05) is 13.1 Å². The number of nitro benzene ring substituents is 1. The van der Waals surface area contributed by atoms with Crippen LogP contribution in [0, 0.1) is 13.7 Å². The fourth-order valence-electron chi connectivity index (χ4n) is 1.04. The maximum atomic E-state index is 10.5. The Hall–Kier alpha value is -0.690. The summed E-state index contributed by atoms with van der Waals surface area (Å²) in [5.74, 6) is 0. The summed E-state index contributed by atoms with van der Waals surface area (Å²) in [6.07, 6.45) is 0. The van der Waals surface area contributed by atoms with Gasteiger partial charge in [-0.2, -0.15) is 0 Å². The molecule has 1 rings (SSSR count). The summed E-state index contributed by atoms with van der Waals surface area (Å²) in [5, 5.41) is 13.4. The molecule has 70 valence electrons. The smallest absolute Gasteiger partial charge is 0.270 e. The van der Waals surface area contributed by atoms with E-state index in [0.29, 0.717) is 6.54 Å². The first kappa shape index (κ1) is 10.4. The van der Waals surface area contributed by atoms with Crippen LogP contribution in [0.15, 0.2) is 18.2 Å². The van der Waals surface area contributed by atoms with E-state index in [9.17, 15) is 10.1 Å². The van der Waals surface area contributed by atoms with Gasteiger partial charge in [-0.25, -0.2) is 0 Å². The predicted molar refractivity (Wildman–Crippen MR) is 58.6 cm³/mol. The fraction of sp³-hybridized carbons (Fsp3) is 0.250. The summed E-state index contributed by atoms with van der Waals surface area (Å²) in [6.45, 7) is 0.650. The molecule has 13 heavy (non-hydrogen) atoms. The minimum absolute atomic E-state index is 0.150. The zero-order valence-corrected chi connectivity index (χ0v) is 9.24. The number of hydrogen-bond donors (Lipinski definition) is 1. The average Bonchev–Trinajstić information content (AvgIpc) is 2.03. The molecular weight excluding hydrogens is 283 g/mol. The van der Waals surface area contributed by atoms with Crippen molar-refractivity contribution in [2.24, 2.45) is 0 Å². The second kappa shape index (κ2) is 4.52. The molecule has 0 fully saturated rings. The van der Waals surface area contributed by atoms with Crippen molar-refractivity contribution >= 4 is 28.3 Å². The third-order valence-electron chi connectivity index (χ3n) is 1.53. The van der Waals surface area contributed by atoms with Gasteiger partial charge in [0.2, 0.25) is 0 Å². The lowest BCUT2D eigenvalue weighted by Gasteiger charge is -2.00. The first-order chi connectivity index (χ1) is 6.13. The van der Waals surface area contributed by atoms with Crippen LogP contribution in [0.2, 0.25) is 0 Å². The number of rotatable bonds is 3. The van der Waals surface area contributed by atoms with Crippen molar-refractivity contribution in [2.75, 3.05) is 7.05 Å². The monoisotopic (exact) mass is 292 g/mol. The van der Waals surface area contributed by atoms with Crippen LogP contribution in [0.4, 0.5) is 5.69 Å². The molecule has 0 radical (unpaired) electrons. The topological polar surface area (TPSA) is 55.2 Å². The van der Waals surface area contributed by atoms with E-state index in [1.54, 1.807) is 12.1 Å². The Balaban J connectivity index is 3.03. The van der Waals surface area contributed by atoms with Crippen LogP contribution >= 0.6 is 22.6 Å². The van der Waals surface area contributed by atoms with Gasteiger partial charge in [-0.15, -0.1) is 0 Å². The lowest BCUT2D eigenvalue weighted by Crippen LogP contribution is -2.05. The number of nitrogens with one attached hydrogen (secondary N) is 1. The SMILES string of the molecule is CNCc1cc(I)cc([N+](=O)[O-])c1. The lowest BCUT2D eigenvalue weighted by molar-refractivity contribution is -0.385. The summed E-state index contributed by atoms with van der Waals surface area (Å²) >= 11 is 2.07. The van der Waals surface area contributed by atoms with Crippen LogP contribution in [0.1, 0.15) is 5.56 Å². The van der Waals surface area contributed by atoms with E-state index in [0.717, 1.165) is 9.13 Å². The third kappa shape index (κ3) is 2.92. The first-order valence-electron chi connectivity index (χ1n) is 3.72. The Morgan fingerprint density at radius 2 is 2.23 bits per heavy atom. The molecule has 0 saturated carbocycles. The maximum absolute atomic E-state index is 10.5. The van der Waals surface area contributed by atoms with Gasteiger partial charge in [0.25, 0.3) is 5.69 Å². The van der Waals surface area contributed by atoms with Gasteiger partial charge in [0.1, 0.15) is 0 Å². The van der Waals surface area contributed by atoms with Gasteiger partial charge in [-0.1, -0.05) is 0 Å². The van der Waals surface area contributed by atoms with Crippen LogP contribution in [-0.4, -0.2) is 12.0 Å². The molecule has 0 unspecified atom stereocenters. The van der Waals surface area contributed by atoms with Gasteiger partial charge in [-0.05, 0) is 41.3 Å². The standard InChI is InChI=1S/C8H9IN2O2/c1-10-5-6-2-7(9)4-8(3-6)11(12)13/h2-4,10H,5H2,1H3. The van der Waals surface area contributed by atoms with E-state index in [4.69, 9.17) is 0 Å². The minimum Gasteiger partial charge on any atom is -0.316 e. The number of non-ortho nitro benzene ring substituents is 1. The first-order valence-corrected chi connectivity index (χ1v) is 4.80. The number of halogens is 1. The van der Waals surface area contributed by atoms with Gasteiger partial charge >= 0.3 is 0 Å². The van der Waals surface area contributed by atoms with Crippen LogP contribution < -0.4 is 5.32 Å². The van der Waals surface area contributed by atoms with E-state index >= 15 is 0 Å². The quantitative estimate of drug-likeness (QED) is 0.526. The highest BCUT2D eigenvalue weighted by molar-refractivity contribution is 14.1. The van der Waals surface area contributed by atoms with E-state index in [-0.39, 0.29) is 10.6 Å². The summed E-state index contributed by atoms with van der Waals surface area (Å²) in [4.78, 5) is 10.1. The lowest BCUT2D eigenvalue weighted by atomic mass is 10.2. The molecule has 0 heterocycles. The van der Waals surface area contributed by atoms with Crippen molar-refractivity contribution < 1.29 is 4.92 Å². The van der Waals surface area contributed by atoms with Gasteiger partial charge < -0.3 is 5.32 Å². The second-order valence-corrected chi connectivity index (χ2v) is 3.85. The van der Waals surface area contributed by atoms with Gasteiger partial charge in [0.05, 0.1) is 4.92 Å². The zero-order chi connectivity index (χ0) is 9.84. The number of nitro groups is 1. The van der Waals surface area contributed by atoms with Crippen LogP contribution in [0.25, 0.3) is 0 Å². The predicted octanol–water partition coefficient (Wildman–Crippen LogP) is 1.92. The van der Waals surface area contributed by atoms with Crippen molar-refractivity contribution in [3.8, 4) is 0 Å². The molecule has 1 aromatic rings. The second-order valence-electron chi connectivity index (χ2n) is 2.61. The Bertz CT molecular complexity index is 328. The molecule has 0 aliphatic carbocycles. The molecule has 0 saturated heterocycles. The van der Waals surface area contributed by atoms with Gasteiger partial charge in [0, 0.05) is 22.2 Å². The Labute approximate surface area is 89.6 Å². The Kier molecular flexibility index (Phi) is 3.61. The molecule has 0 aliphatic rings. The molecule has 0 spiro atoms. The van der Waals surface area contributed by atoms with Gasteiger partial charge in [0.15, 0.2) is 0 Å². The highest BCUT2D eigenvalue weighted by atomic mass is 127. The molecule has 0 aliphatic heterocycles. The molecule has 0 amide bonds. The van der Waals surface area contributed by atoms with Gasteiger partial charge in [-0.3, -0.25) is 10.1 Å². The number of hydrogen-bond acceptors (Lipinski definition) is 3. The van der Waals surface area contributed by atoms with E-state index in [1.165, 1.54) is 0 Å². The normalized spacial score (nSPS) is 10.0.